The molecule has 7 heteroatoms. The molecule has 0 aliphatic heterocycles. The minimum Gasteiger partial charge on any atom is -0.457 e. The third-order valence-electron chi connectivity index (χ3n) is 4.18. The fourth-order valence-corrected chi connectivity index (χ4v) is 3.93. The lowest BCUT2D eigenvalue weighted by Crippen LogP contribution is -2.26. The SMILES string of the molecule is CN(c1ccccc1)S(=O)(=O)c1ccc(C(=O)OCc2ccccc2Cl)cc1. The number of benzene rings is 3. The van der Waals surface area contributed by atoms with Crippen LogP contribution in [0.25, 0.3) is 0 Å². The number of anilines is 1. The third kappa shape index (κ3) is 4.35. The molecule has 5 nitrogen and oxygen atoms in total. The molecule has 0 heterocycles. The summed E-state index contributed by atoms with van der Waals surface area (Å²) in [5.74, 6) is -0.555. The molecule has 0 spiro atoms. The summed E-state index contributed by atoms with van der Waals surface area (Å²) in [7, 11) is -2.25. The van der Waals surface area contributed by atoms with Gasteiger partial charge in [-0.05, 0) is 42.5 Å². The van der Waals surface area contributed by atoms with Crippen molar-refractivity contribution in [3.63, 3.8) is 0 Å². The number of carbonyl (C=O) groups excluding carboxylic acids is 1. The normalized spacial score (nSPS) is 11.1. The van der Waals surface area contributed by atoms with E-state index in [2.05, 4.69) is 0 Å². The van der Waals surface area contributed by atoms with Gasteiger partial charge in [-0.15, -0.1) is 0 Å². The van der Waals surface area contributed by atoms with E-state index >= 15 is 0 Å². The van der Waals surface area contributed by atoms with E-state index in [0.29, 0.717) is 16.3 Å². The van der Waals surface area contributed by atoms with Gasteiger partial charge in [0.05, 0.1) is 16.1 Å². The van der Waals surface area contributed by atoms with Crippen LogP contribution in [0.4, 0.5) is 5.69 Å². The topological polar surface area (TPSA) is 63.7 Å². The van der Waals surface area contributed by atoms with E-state index in [-0.39, 0.29) is 17.1 Å². The summed E-state index contributed by atoms with van der Waals surface area (Å²) in [6.45, 7) is 0.0370. The van der Waals surface area contributed by atoms with Crippen LogP contribution in [0.2, 0.25) is 5.02 Å². The van der Waals surface area contributed by atoms with Crippen molar-refractivity contribution in [2.24, 2.45) is 0 Å². The Morgan fingerprint density at radius 3 is 2.18 bits per heavy atom. The second-order valence-electron chi connectivity index (χ2n) is 6.00. The van der Waals surface area contributed by atoms with Gasteiger partial charge in [-0.3, -0.25) is 4.31 Å². The van der Waals surface area contributed by atoms with Crippen LogP contribution < -0.4 is 4.31 Å². The molecule has 0 aromatic heterocycles. The van der Waals surface area contributed by atoms with Gasteiger partial charge in [-0.2, -0.15) is 0 Å². The quantitative estimate of drug-likeness (QED) is 0.555. The summed E-state index contributed by atoms with van der Waals surface area (Å²) in [4.78, 5) is 12.3. The molecule has 28 heavy (non-hydrogen) atoms. The van der Waals surface area contributed by atoms with Gasteiger partial charge in [0.25, 0.3) is 10.0 Å². The van der Waals surface area contributed by atoms with Crippen LogP contribution >= 0.6 is 11.6 Å². The molecular weight excluding hydrogens is 398 g/mol. The zero-order chi connectivity index (χ0) is 20.1. The van der Waals surface area contributed by atoms with Gasteiger partial charge in [0.15, 0.2) is 0 Å². The van der Waals surface area contributed by atoms with Gasteiger partial charge in [-0.1, -0.05) is 48.0 Å². The highest BCUT2D eigenvalue weighted by atomic mass is 35.5. The Morgan fingerprint density at radius 1 is 0.929 bits per heavy atom. The molecule has 0 N–H and O–H groups in total. The highest BCUT2D eigenvalue weighted by molar-refractivity contribution is 7.92. The van der Waals surface area contributed by atoms with Crippen molar-refractivity contribution >= 4 is 33.3 Å². The maximum Gasteiger partial charge on any atom is 0.338 e. The van der Waals surface area contributed by atoms with Crippen molar-refractivity contribution in [1.82, 2.24) is 0 Å². The molecule has 0 amide bonds. The van der Waals surface area contributed by atoms with Crippen LogP contribution in [0.1, 0.15) is 15.9 Å². The molecule has 0 saturated carbocycles. The number of para-hydroxylation sites is 1. The number of carbonyl (C=O) groups is 1. The maximum absolute atomic E-state index is 12.8. The standard InChI is InChI=1S/C21H18ClNO4S/c1-23(18-8-3-2-4-9-18)28(25,26)19-13-11-16(12-14-19)21(24)27-15-17-7-5-6-10-20(17)22/h2-14H,15H2,1H3. The average molecular weight is 416 g/mol. The minimum atomic E-state index is -3.73. The lowest BCUT2D eigenvalue weighted by atomic mass is 10.2. The molecule has 0 saturated heterocycles. The van der Waals surface area contributed by atoms with Crippen molar-refractivity contribution < 1.29 is 17.9 Å². The van der Waals surface area contributed by atoms with Crippen molar-refractivity contribution in [2.45, 2.75) is 11.5 Å². The van der Waals surface area contributed by atoms with Crippen molar-refractivity contribution in [3.05, 3.63) is 95.0 Å². The zero-order valence-electron chi connectivity index (χ0n) is 15.1. The van der Waals surface area contributed by atoms with Gasteiger partial charge in [0.1, 0.15) is 6.61 Å². The Hall–Kier alpha value is -2.83. The Morgan fingerprint density at radius 2 is 1.54 bits per heavy atom. The summed E-state index contributed by atoms with van der Waals surface area (Å²) < 4.78 is 32.0. The largest absolute Gasteiger partial charge is 0.457 e. The Balaban J connectivity index is 1.72. The molecule has 3 aromatic carbocycles. The van der Waals surface area contributed by atoms with Crippen molar-refractivity contribution in [1.29, 1.82) is 0 Å². The molecule has 0 bridgehead atoms. The molecule has 0 radical (unpaired) electrons. The summed E-state index contributed by atoms with van der Waals surface area (Å²) in [6.07, 6.45) is 0. The molecule has 0 aliphatic rings. The number of hydrogen-bond acceptors (Lipinski definition) is 4. The Bertz CT molecular complexity index is 1070. The predicted molar refractivity (Wildman–Crippen MR) is 109 cm³/mol. The number of sulfonamides is 1. The van der Waals surface area contributed by atoms with Gasteiger partial charge >= 0.3 is 5.97 Å². The van der Waals surface area contributed by atoms with E-state index in [1.807, 2.05) is 6.07 Å². The van der Waals surface area contributed by atoms with Gasteiger partial charge in [0.2, 0.25) is 0 Å². The first-order chi connectivity index (χ1) is 13.4. The second-order valence-corrected chi connectivity index (χ2v) is 8.38. The lowest BCUT2D eigenvalue weighted by Gasteiger charge is -2.19. The first-order valence-corrected chi connectivity index (χ1v) is 10.3. The first kappa shape index (κ1) is 19.9. The zero-order valence-corrected chi connectivity index (χ0v) is 16.7. The summed E-state index contributed by atoms with van der Waals surface area (Å²) in [6, 6.07) is 21.5. The summed E-state index contributed by atoms with van der Waals surface area (Å²) in [5, 5.41) is 0.515. The molecule has 0 unspecified atom stereocenters. The third-order valence-corrected chi connectivity index (χ3v) is 6.35. The van der Waals surface area contributed by atoms with Crippen LogP contribution in [-0.4, -0.2) is 21.4 Å². The van der Waals surface area contributed by atoms with Gasteiger partial charge in [-0.25, -0.2) is 13.2 Å². The highest BCUT2D eigenvalue weighted by Crippen LogP contribution is 2.22. The Kier molecular flexibility index (Phi) is 6.02. The van der Waals surface area contributed by atoms with E-state index in [1.54, 1.807) is 48.5 Å². The second kappa shape index (κ2) is 8.46. The molecule has 0 atom stereocenters. The monoisotopic (exact) mass is 415 g/mol. The van der Waals surface area contributed by atoms with Gasteiger partial charge in [0, 0.05) is 17.6 Å². The Labute approximate surface area is 169 Å². The highest BCUT2D eigenvalue weighted by Gasteiger charge is 2.21. The number of rotatable bonds is 6. The van der Waals surface area contributed by atoms with E-state index < -0.39 is 16.0 Å². The van der Waals surface area contributed by atoms with Crippen molar-refractivity contribution in [2.75, 3.05) is 11.4 Å². The fraction of sp³-hybridized carbons (Fsp3) is 0.0952. The smallest absolute Gasteiger partial charge is 0.338 e. The molecule has 3 aromatic rings. The predicted octanol–water partition coefficient (Wildman–Crippen LogP) is 4.52. The molecule has 3 rings (SSSR count). The summed E-state index contributed by atoms with van der Waals surface area (Å²) >= 11 is 6.04. The number of nitrogens with zero attached hydrogens (tertiary/aromatic N) is 1. The van der Waals surface area contributed by atoms with E-state index in [1.165, 1.54) is 35.6 Å². The number of esters is 1. The number of hydrogen-bond donors (Lipinski definition) is 0. The molecular formula is C21H18ClNO4S. The number of ether oxygens (including phenoxy) is 1. The van der Waals surface area contributed by atoms with E-state index in [0.717, 1.165) is 0 Å². The van der Waals surface area contributed by atoms with Crippen LogP contribution in [0.3, 0.4) is 0 Å². The maximum atomic E-state index is 12.8. The lowest BCUT2D eigenvalue weighted by molar-refractivity contribution is 0.0473. The van der Waals surface area contributed by atoms with E-state index in [9.17, 15) is 13.2 Å². The minimum absolute atomic E-state index is 0.0370. The molecule has 0 aliphatic carbocycles. The molecule has 144 valence electrons. The van der Waals surface area contributed by atoms with Crippen LogP contribution in [0.15, 0.2) is 83.8 Å². The first-order valence-electron chi connectivity index (χ1n) is 8.44. The fourth-order valence-electron chi connectivity index (χ4n) is 2.54. The van der Waals surface area contributed by atoms with Crippen molar-refractivity contribution in [3.8, 4) is 0 Å². The van der Waals surface area contributed by atoms with E-state index in [4.69, 9.17) is 16.3 Å². The van der Waals surface area contributed by atoms with Crippen LogP contribution in [0, 0.1) is 0 Å². The number of halogens is 1. The molecule has 0 fully saturated rings. The summed E-state index contributed by atoms with van der Waals surface area (Å²) in [5.41, 5.74) is 1.50. The van der Waals surface area contributed by atoms with Gasteiger partial charge < -0.3 is 4.74 Å². The average Bonchev–Trinajstić information content (AvgIpc) is 2.73. The van der Waals surface area contributed by atoms with Crippen LogP contribution in [-0.2, 0) is 21.4 Å². The van der Waals surface area contributed by atoms with Crippen LogP contribution in [0.5, 0.6) is 0 Å².